The Morgan fingerprint density at radius 2 is 1.89 bits per heavy atom. The lowest BCUT2D eigenvalue weighted by atomic mass is 10.1. The largest absolute Gasteiger partial charge is 0.444 e. The maximum absolute atomic E-state index is 12.8. The molecule has 3 heterocycles. The molecule has 3 aromatic rings. The summed E-state index contributed by atoms with van der Waals surface area (Å²) in [6, 6.07) is 8.75. The molecule has 1 aliphatic heterocycles. The van der Waals surface area contributed by atoms with Crippen molar-refractivity contribution in [2.24, 2.45) is 0 Å². The molecule has 35 heavy (non-hydrogen) atoms. The Hall–Kier alpha value is -3.59. The predicted molar refractivity (Wildman–Crippen MR) is 135 cm³/mol. The Labute approximate surface area is 209 Å². The molecular weight excluding hydrogens is 468 g/mol. The lowest BCUT2D eigenvalue weighted by molar-refractivity contribution is 0.0184. The highest BCUT2D eigenvalue weighted by Crippen LogP contribution is 2.27. The summed E-state index contributed by atoms with van der Waals surface area (Å²) >= 11 is 6.00. The fraction of sp³-hybridized carbons (Fsp3) is 0.360. The first-order valence-electron chi connectivity index (χ1n) is 11.4. The van der Waals surface area contributed by atoms with Gasteiger partial charge in [-0.15, -0.1) is 0 Å². The second kappa shape index (κ2) is 9.95. The van der Waals surface area contributed by atoms with Crippen LogP contribution >= 0.6 is 11.6 Å². The molecule has 0 spiro atoms. The van der Waals surface area contributed by atoms with Crippen molar-refractivity contribution >= 4 is 35.1 Å². The fourth-order valence-corrected chi connectivity index (χ4v) is 4.10. The van der Waals surface area contributed by atoms with Crippen LogP contribution < -0.4 is 11.1 Å². The molecule has 10 heteroatoms. The highest BCUT2D eigenvalue weighted by molar-refractivity contribution is 6.31. The number of nitrogens with zero attached hydrogens (tertiary/aromatic N) is 4. The van der Waals surface area contributed by atoms with Crippen molar-refractivity contribution in [3.05, 3.63) is 59.5 Å². The molecule has 2 amide bonds. The van der Waals surface area contributed by atoms with Crippen molar-refractivity contribution < 1.29 is 14.3 Å². The lowest BCUT2D eigenvalue weighted by Gasteiger charge is -2.33. The van der Waals surface area contributed by atoms with Gasteiger partial charge in [-0.05, 0) is 57.9 Å². The van der Waals surface area contributed by atoms with Gasteiger partial charge in [0.25, 0.3) is 5.91 Å². The molecule has 0 radical (unpaired) electrons. The van der Waals surface area contributed by atoms with E-state index in [1.807, 2.05) is 31.6 Å². The van der Waals surface area contributed by atoms with E-state index < -0.39 is 5.60 Å². The summed E-state index contributed by atoms with van der Waals surface area (Å²) in [5.41, 5.74) is 7.86. The van der Waals surface area contributed by atoms with Crippen LogP contribution in [0.15, 0.2) is 48.9 Å². The molecular formula is C25H29ClN6O3. The number of pyridine rings is 1. The van der Waals surface area contributed by atoms with Crippen LogP contribution in [0.1, 0.15) is 50.0 Å². The smallest absolute Gasteiger partial charge is 0.410 e. The van der Waals surface area contributed by atoms with Crippen molar-refractivity contribution in [2.75, 3.05) is 24.1 Å². The van der Waals surface area contributed by atoms with E-state index in [1.165, 1.54) is 0 Å². The van der Waals surface area contributed by atoms with Crippen LogP contribution in [0.25, 0.3) is 11.1 Å². The third-order valence-corrected chi connectivity index (χ3v) is 5.91. The Bertz CT molecular complexity index is 1230. The Balaban J connectivity index is 1.43. The van der Waals surface area contributed by atoms with Gasteiger partial charge >= 0.3 is 6.09 Å². The van der Waals surface area contributed by atoms with Gasteiger partial charge in [0.05, 0.1) is 17.8 Å². The number of ether oxygens (including phenoxy) is 1. The van der Waals surface area contributed by atoms with E-state index in [0.717, 1.165) is 24.0 Å². The van der Waals surface area contributed by atoms with Crippen molar-refractivity contribution in [3.63, 3.8) is 0 Å². The predicted octanol–water partition coefficient (Wildman–Crippen LogP) is 5.01. The van der Waals surface area contributed by atoms with Gasteiger partial charge in [-0.25, -0.2) is 9.78 Å². The maximum atomic E-state index is 12.8. The minimum absolute atomic E-state index is 0.134. The minimum Gasteiger partial charge on any atom is -0.444 e. The summed E-state index contributed by atoms with van der Waals surface area (Å²) < 4.78 is 7.38. The van der Waals surface area contributed by atoms with E-state index in [2.05, 4.69) is 15.4 Å². The number of carbonyl (C=O) groups excluding carboxylic acids is 2. The van der Waals surface area contributed by atoms with Crippen LogP contribution in [0.3, 0.4) is 0 Å². The number of nitrogens with one attached hydrogen (secondary N) is 1. The molecule has 184 valence electrons. The third-order valence-electron chi connectivity index (χ3n) is 5.67. The lowest BCUT2D eigenvalue weighted by Crippen LogP contribution is -2.42. The average Bonchev–Trinajstić information content (AvgIpc) is 3.28. The number of benzene rings is 1. The Kier molecular flexibility index (Phi) is 6.98. The molecule has 1 fully saturated rings. The zero-order chi connectivity index (χ0) is 25.2. The summed E-state index contributed by atoms with van der Waals surface area (Å²) in [4.78, 5) is 31.1. The molecule has 4 rings (SSSR count). The van der Waals surface area contributed by atoms with Crippen LogP contribution in [0, 0.1) is 0 Å². The van der Waals surface area contributed by atoms with Crippen LogP contribution in [-0.2, 0) is 4.74 Å². The zero-order valence-corrected chi connectivity index (χ0v) is 20.7. The van der Waals surface area contributed by atoms with Crippen LogP contribution in [0.4, 0.5) is 16.3 Å². The van der Waals surface area contributed by atoms with Gasteiger partial charge in [0.1, 0.15) is 11.4 Å². The summed E-state index contributed by atoms with van der Waals surface area (Å²) in [6.45, 7) is 6.79. The van der Waals surface area contributed by atoms with Gasteiger partial charge in [-0.1, -0.05) is 17.7 Å². The first-order chi connectivity index (χ1) is 16.6. The fourth-order valence-electron chi connectivity index (χ4n) is 3.91. The van der Waals surface area contributed by atoms with Crippen molar-refractivity contribution in [2.45, 2.75) is 45.3 Å². The molecule has 3 N–H and O–H groups in total. The number of aromatic nitrogens is 3. The standard InChI is InChI=1S/C25H29ClN6O3/c1-25(2,3)35-24(34)31-9-7-20(8-10-31)32-15-17(14-29-32)16-11-21(22(27)28-13-16)23(33)30-19-6-4-5-18(26)12-19/h4-6,11-15,20H,7-10H2,1-3H3,(H2,27,28)(H,30,33). The maximum Gasteiger partial charge on any atom is 0.410 e. The normalized spacial score (nSPS) is 14.6. The SMILES string of the molecule is CC(C)(C)OC(=O)N1CCC(n2cc(-c3cnc(N)c(C(=O)Nc4cccc(Cl)c4)c3)cn2)CC1. The monoisotopic (exact) mass is 496 g/mol. The number of nitrogen functional groups attached to an aromatic ring is 1. The molecule has 0 saturated carbocycles. The average molecular weight is 497 g/mol. The third kappa shape index (κ3) is 6.10. The number of hydrogen-bond donors (Lipinski definition) is 2. The summed E-state index contributed by atoms with van der Waals surface area (Å²) in [5, 5.41) is 7.84. The van der Waals surface area contributed by atoms with Crippen LogP contribution in [-0.4, -0.2) is 50.4 Å². The summed E-state index contributed by atoms with van der Waals surface area (Å²) in [5.74, 6) is -0.240. The Morgan fingerprint density at radius 3 is 2.57 bits per heavy atom. The first-order valence-corrected chi connectivity index (χ1v) is 11.8. The number of anilines is 2. The number of rotatable bonds is 4. The van der Waals surface area contributed by atoms with E-state index in [4.69, 9.17) is 22.1 Å². The number of amides is 2. The van der Waals surface area contributed by atoms with Crippen molar-refractivity contribution in [3.8, 4) is 11.1 Å². The molecule has 1 saturated heterocycles. The Morgan fingerprint density at radius 1 is 1.14 bits per heavy atom. The van der Waals surface area contributed by atoms with Gasteiger partial charge in [-0.2, -0.15) is 5.10 Å². The number of halogens is 1. The van der Waals surface area contributed by atoms with E-state index in [0.29, 0.717) is 23.8 Å². The first kappa shape index (κ1) is 24.5. The van der Waals surface area contributed by atoms with E-state index in [1.54, 1.807) is 47.6 Å². The van der Waals surface area contributed by atoms with Crippen molar-refractivity contribution in [1.82, 2.24) is 19.7 Å². The number of likely N-dealkylation sites (tertiary alicyclic amines) is 1. The summed E-state index contributed by atoms with van der Waals surface area (Å²) in [7, 11) is 0. The molecule has 0 atom stereocenters. The quantitative estimate of drug-likeness (QED) is 0.524. The topological polar surface area (TPSA) is 115 Å². The molecule has 1 aromatic carbocycles. The molecule has 1 aliphatic rings. The minimum atomic E-state index is -0.512. The number of nitrogens with two attached hydrogens (primary N) is 1. The van der Waals surface area contributed by atoms with Gasteiger partial charge < -0.3 is 20.7 Å². The molecule has 0 unspecified atom stereocenters. The van der Waals surface area contributed by atoms with Gasteiger partial charge in [0, 0.05) is 47.3 Å². The van der Waals surface area contributed by atoms with Gasteiger partial charge in [-0.3, -0.25) is 9.48 Å². The number of hydrogen-bond acceptors (Lipinski definition) is 6. The van der Waals surface area contributed by atoms with E-state index in [-0.39, 0.29) is 29.4 Å². The van der Waals surface area contributed by atoms with Crippen molar-refractivity contribution in [1.29, 1.82) is 0 Å². The molecule has 0 aliphatic carbocycles. The highest BCUT2D eigenvalue weighted by Gasteiger charge is 2.28. The number of piperidine rings is 1. The molecule has 9 nitrogen and oxygen atoms in total. The van der Waals surface area contributed by atoms with E-state index >= 15 is 0 Å². The van der Waals surface area contributed by atoms with Crippen LogP contribution in [0.5, 0.6) is 0 Å². The van der Waals surface area contributed by atoms with Gasteiger partial charge in [0.15, 0.2) is 0 Å². The number of carbonyl (C=O) groups is 2. The second-order valence-corrected chi connectivity index (χ2v) is 9.97. The van der Waals surface area contributed by atoms with Crippen LogP contribution in [0.2, 0.25) is 5.02 Å². The van der Waals surface area contributed by atoms with Gasteiger partial charge in [0.2, 0.25) is 0 Å². The summed E-state index contributed by atoms with van der Waals surface area (Å²) in [6.07, 6.45) is 6.55. The highest BCUT2D eigenvalue weighted by atomic mass is 35.5. The molecule has 0 bridgehead atoms. The second-order valence-electron chi connectivity index (χ2n) is 9.53. The molecule has 2 aromatic heterocycles. The van der Waals surface area contributed by atoms with E-state index in [9.17, 15) is 9.59 Å². The zero-order valence-electron chi connectivity index (χ0n) is 20.0.